The molecular formula is C30H49BrN2O8SSi2. The number of anilines is 1. The van der Waals surface area contributed by atoms with Crippen LogP contribution in [0.15, 0.2) is 40.9 Å². The van der Waals surface area contributed by atoms with E-state index in [9.17, 15) is 18.3 Å². The number of benzene rings is 2. The second-order valence-corrected chi connectivity index (χ2v) is 27.2. The van der Waals surface area contributed by atoms with E-state index in [4.69, 9.17) is 18.9 Å². The number of aliphatic hydroxyl groups excluding tert-OH is 1. The van der Waals surface area contributed by atoms with Crippen LogP contribution in [0.4, 0.5) is 5.69 Å². The zero-order valence-electron chi connectivity index (χ0n) is 27.2. The SMILES string of the molecule is Cc1cc(OCC(=O)NCC(O)c2ccc(OCOCC[Si](C)(C)C)c(N(COCC[Si](C)(C)C)S(C)(=O)=O)c2)ccc1Br. The standard InChI is InChI=1S/C30H49BrN2O8SSi2/c1-23-17-25(10-11-26(23)31)40-20-30(35)32-19-28(34)24-9-12-29(41-22-39-14-16-44(6,7)8)27(18-24)33(42(2,36)37)21-38-13-15-43(3,4)5/h9-12,17-18,28,34H,13-16,19-22H2,1-8H3,(H,32,35). The van der Waals surface area contributed by atoms with Gasteiger partial charge in [-0.05, 0) is 60.5 Å². The average Bonchev–Trinajstić information content (AvgIpc) is 2.90. The van der Waals surface area contributed by atoms with Crippen LogP contribution in [0, 0.1) is 6.92 Å². The minimum atomic E-state index is -3.79. The first-order valence-corrected chi connectivity index (χ1v) is 24.6. The molecule has 248 valence electrons. The summed E-state index contributed by atoms with van der Waals surface area (Å²) in [5.74, 6) is 0.420. The molecule has 0 aliphatic rings. The van der Waals surface area contributed by atoms with E-state index < -0.39 is 38.2 Å². The molecule has 2 aromatic carbocycles. The van der Waals surface area contributed by atoms with Gasteiger partial charge in [-0.25, -0.2) is 12.7 Å². The van der Waals surface area contributed by atoms with E-state index in [-0.39, 0.29) is 38.1 Å². The first kappa shape index (κ1) is 38.2. The van der Waals surface area contributed by atoms with Crippen LogP contribution in [0.1, 0.15) is 17.2 Å². The predicted molar refractivity (Wildman–Crippen MR) is 185 cm³/mol. The summed E-state index contributed by atoms with van der Waals surface area (Å²) in [6.45, 7) is 15.7. The van der Waals surface area contributed by atoms with Gasteiger partial charge in [0.05, 0.1) is 18.0 Å². The molecule has 0 heterocycles. The van der Waals surface area contributed by atoms with Crippen molar-refractivity contribution in [3.8, 4) is 11.5 Å². The lowest BCUT2D eigenvalue weighted by atomic mass is 10.1. The number of amides is 1. The highest BCUT2D eigenvalue weighted by Gasteiger charge is 2.24. The lowest BCUT2D eigenvalue weighted by Gasteiger charge is -2.26. The third-order valence-electron chi connectivity index (χ3n) is 6.53. The molecule has 0 saturated heterocycles. The Morgan fingerprint density at radius 2 is 1.61 bits per heavy atom. The highest BCUT2D eigenvalue weighted by molar-refractivity contribution is 9.10. The number of aryl methyl sites for hydroxylation is 1. The Bertz CT molecular complexity index is 1330. The monoisotopic (exact) mass is 732 g/mol. The van der Waals surface area contributed by atoms with Gasteiger partial charge in [-0.1, -0.05) is 61.3 Å². The summed E-state index contributed by atoms with van der Waals surface area (Å²) in [5, 5.41) is 13.6. The van der Waals surface area contributed by atoms with E-state index in [1.54, 1.807) is 18.2 Å². The van der Waals surface area contributed by atoms with Crippen molar-refractivity contribution in [3.63, 3.8) is 0 Å². The van der Waals surface area contributed by atoms with E-state index in [2.05, 4.69) is 60.5 Å². The number of ether oxygens (including phenoxy) is 4. The van der Waals surface area contributed by atoms with Crippen molar-refractivity contribution in [1.82, 2.24) is 5.32 Å². The molecular weight excluding hydrogens is 684 g/mol. The Balaban J connectivity index is 2.16. The van der Waals surface area contributed by atoms with Gasteiger partial charge in [0.2, 0.25) is 10.0 Å². The normalized spacial score (nSPS) is 13.0. The van der Waals surface area contributed by atoms with Gasteiger partial charge < -0.3 is 29.4 Å². The maximum Gasteiger partial charge on any atom is 0.258 e. The predicted octanol–water partition coefficient (Wildman–Crippen LogP) is 5.76. The number of aliphatic hydroxyl groups is 1. The Labute approximate surface area is 273 Å². The summed E-state index contributed by atoms with van der Waals surface area (Å²) >= 11 is 3.43. The number of nitrogens with zero attached hydrogens (tertiary/aromatic N) is 1. The molecule has 2 aromatic rings. The lowest BCUT2D eigenvalue weighted by Crippen LogP contribution is -2.34. The van der Waals surface area contributed by atoms with E-state index in [1.807, 2.05) is 19.1 Å². The molecule has 0 saturated carbocycles. The molecule has 14 heteroatoms. The highest BCUT2D eigenvalue weighted by atomic mass is 79.9. The van der Waals surface area contributed by atoms with Crippen LogP contribution >= 0.6 is 15.9 Å². The van der Waals surface area contributed by atoms with Crippen molar-refractivity contribution in [2.24, 2.45) is 0 Å². The molecule has 2 rings (SSSR count). The lowest BCUT2D eigenvalue weighted by molar-refractivity contribution is -0.123. The number of nitrogens with one attached hydrogen (secondary N) is 1. The van der Waals surface area contributed by atoms with Crippen molar-refractivity contribution in [2.75, 3.05) is 50.5 Å². The molecule has 10 nitrogen and oxygen atoms in total. The third-order valence-corrected chi connectivity index (χ3v) is 11.9. The van der Waals surface area contributed by atoms with Gasteiger partial charge >= 0.3 is 0 Å². The fourth-order valence-electron chi connectivity index (χ4n) is 3.71. The summed E-state index contributed by atoms with van der Waals surface area (Å²) in [5.41, 5.74) is 1.59. The quantitative estimate of drug-likeness (QED) is 0.106. The molecule has 0 aliphatic heterocycles. The van der Waals surface area contributed by atoms with Crippen LogP contribution in [-0.4, -0.2) is 81.7 Å². The van der Waals surface area contributed by atoms with Crippen molar-refractivity contribution >= 4 is 53.7 Å². The smallest absolute Gasteiger partial charge is 0.258 e. The van der Waals surface area contributed by atoms with Crippen LogP contribution in [0.3, 0.4) is 0 Å². The summed E-state index contributed by atoms with van der Waals surface area (Å²) in [6.07, 6.45) is -0.0248. The van der Waals surface area contributed by atoms with Crippen LogP contribution in [0.5, 0.6) is 11.5 Å². The van der Waals surface area contributed by atoms with Gasteiger partial charge in [0.25, 0.3) is 5.91 Å². The number of hydrogen-bond acceptors (Lipinski definition) is 8. The van der Waals surface area contributed by atoms with E-state index in [0.29, 0.717) is 24.5 Å². The van der Waals surface area contributed by atoms with Crippen LogP contribution < -0.4 is 19.1 Å². The summed E-state index contributed by atoms with van der Waals surface area (Å²) < 4.78 is 50.8. The maximum absolute atomic E-state index is 12.9. The molecule has 0 fully saturated rings. The van der Waals surface area contributed by atoms with E-state index in [1.165, 1.54) is 6.07 Å². The molecule has 2 N–H and O–H groups in total. The van der Waals surface area contributed by atoms with Crippen LogP contribution in [-0.2, 0) is 24.3 Å². The van der Waals surface area contributed by atoms with Crippen molar-refractivity contribution in [2.45, 2.75) is 64.4 Å². The zero-order valence-corrected chi connectivity index (χ0v) is 31.6. The number of carbonyl (C=O) groups is 1. The number of carbonyl (C=O) groups excluding carboxylic acids is 1. The number of rotatable bonds is 19. The Hall–Kier alpha value is -1.95. The zero-order chi connectivity index (χ0) is 33.1. The van der Waals surface area contributed by atoms with Crippen LogP contribution in [0.25, 0.3) is 0 Å². The molecule has 1 amide bonds. The first-order chi connectivity index (χ1) is 20.4. The van der Waals surface area contributed by atoms with Gasteiger partial charge in [0, 0.05) is 40.4 Å². The molecule has 0 radical (unpaired) electrons. The van der Waals surface area contributed by atoms with Gasteiger partial charge in [-0.3, -0.25) is 4.79 Å². The number of hydrogen-bond donors (Lipinski definition) is 2. The molecule has 1 unspecified atom stereocenters. The molecule has 0 aliphatic carbocycles. The molecule has 1 atom stereocenters. The summed E-state index contributed by atoms with van der Waals surface area (Å²) in [4.78, 5) is 12.4. The minimum absolute atomic E-state index is 0.0542. The first-order valence-electron chi connectivity index (χ1n) is 14.6. The number of sulfonamides is 1. The minimum Gasteiger partial charge on any atom is -0.484 e. The van der Waals surface area contributed by atoms with Gasteiger partial charge in [-0.15, -0.1) is 0 Å². The number of halogens is 1. The molecule has 44 heavy (non-hydrogen) atoms. The van der Waals surface area contributed by atoms with E-state index in [0.717, 1.165) is 32.7 Å². The fraction of sp³-hybridized carbons (Fsp3) is 0.567. The second kappa shape index (κ2) is 17.1. The summed E-state index contributed by atoms with van der Waals surface area (Å²) in [7, 11) is -6.46. The average molecular weight is 734 g/mol. The Kier molecular flexibility index (Phi) is 14.9. The van der Waals surface area contributed by atoms with Gasteiger partial charge in [0.1, 0.15) is 18.2 Å². The fourth-order valence-corrected chi connectivity index (χ4v) is 6.23. The van der Waals surface area contributed by atoms with Gasteiger partial charge in [-0.2, -0.15) is 0 Å². The van der Waals surface area contributed by atoms with E-state index >= 15 is 0 Å². The second-order valence-electron chi connectivity index (χ2n) is 13.2. The molecule has 0 bridgehead atoms. The van der Waals surface area contributed by atoms with Crippen molar-refractivity contribution in [1.29, 1.82) is 0 Å². The molecule has 0 spiro atoms. The van der Waals surface area contributed by atoms with Gasteiger partial charge in [0.15, 0.2) is 13.4 Å². The van der Waals surface area contributed by atoms with Crippen molar-refractivity contribution < 1.29 is 37.3 Å². The summed E-state index contributed by atoms with van der Waals surface area (Å²) in [6, 6.07) is 12.0. The topological polar surface area (TPSA) is 124 Å². The Morgan fingerprint density at radius 3 is 2.20 bits per heavy atom. The highest BCUT2D eigenvalue weighted by Crippen LogP contribution is 2.33. The van der Waals surface area contributed by atoms with Crippen LogP contribution in [0.2, 0.25) is 51.4 Å². The molecule has 0 aromatic heterocycles. The third kappa shape index (κ3) is 14.4. The van der Waals surface area contributed by atoms with Crippen molar-refractivity contribution in [3.05, 3.63) is 52.0 Å². The Morgan fingerprint density at radius 1 is 0.977 bits per heavy atom. The largest absolute Gasteiger partial charge is 0.484 e. The maximum atomic E-state index is 12.9.